The lowest BCUT2D eigenvalue weighted by atomic mass is 9.92. The molecule has 0 amide bonds. The lowest BCUT2D eigenvalue weighted by Crippen LogP contribution is -2.12. The Morgan fingerprint density at radius 3 is 2.73 bits per heavy atom. The fourth-order valence-electron chi connectivity index (χ4n) is 1.24. The van der Waals surface area contributed by atoms with Gasteiger partial charge in [0.2, 0.25) is 5.89 Å². The van der Waals surface area contributed by atoms with Crippen molar-refractivity contribution in [3.63, 3.8) is 0 Å². The predicted octanol–water partition coefficient (Wildman–Crippen LogP) is 2.23. The van der Waals surface area contributed by atoms with Gasteiger partial charge in [0.15, 0.2) is 5.82 Å². The van der Waals surface area contributed by atoms with Crippen molar-refractivity contribution < 1.29 is 4.52 Å². The average Bonchev–Trinajstić information content (AvgIpc) is 2.50. The molecule has 0 aliphatic carbocycles. The summed E-state index contributed by atoms with van der Waals surface area (Å²) in [6.45, 7) is 10.0. The van der Waals surface area contributed by atoms with E-state index in [0.29, 0.717) is 12.3 Å². The second kappa shape index (κ2) is 4.57. The van der Waals surface area contributed by atoms with E-state index in [1.807, 2.05) is 0 Å². The first-order chi connectivity index (χ1) is 6.92. The average molecular weight is 209 g/mol. The number of hydrogen-bond acceptors (Lipinski definition) is 4. The molecule has 0 aliphatic heterocycles. The molecule has 1 aromatic heterocycles. The predicted molar refractivity (Wildman–Crippen MR) is 59.2 cm³/mol. The molecule has 4 nitrogen and oxygen atoms in total. The maximum atomic E-state index is 5.82. The van der Waals surface area contributed by atoms with Crippen LogP contribution >= 0.6 is 0 Å². The number of hydrogen-bond donors (Lipinski definition) is 1. The first-order valence-corrected chi connectivity index (χ1v) is 5.11. The van der Waals surface area contributed by atoms with Crippen LogP contribution in [-0.4, -0.2) is 10.1 Å². The van der Waals surface area contributed by atoms with Gasteiger partial charge in [-0.15, -0.1) is 6.58 Å². The first-order valence-electron chi connectivity index (χ1n) is 5.11. The van der Waals surface area contributed by atoms with Gasteiger partial charge in [-0.1, -0.05) is 32.0 Å². The highest BCUT2D eigenvalue weighted by Crippen LogP contribution is 2.20. The molecule has 0 aliphatic rings. The summed E-state index contributed by atoms with van der Waals surface area (Å²) in [5.74, 6) is 1.21. The Morgan fingerprint density at radius 1 is 1.53 bits per heavy atom. The molecule has 1 rings (SSSR count). The van der Waals surface area contributed by atoms with Crippen LogP contribution in [0.5, 0.6) is 0 Å². The minimum atomic E-state index is -0.233. The van der Waals surface area contributed by atoms with Crippen molar-refractivity contribution in [2.45, 2.75) is 39.7 Å². The molecule has 0 aromatic carbocycles. The van der Waals surface area contributed by atoms with Crippen molar-refractivity contribution in [1.82, 2.24) is 10.1 Å². The van der Waals surface area contributed by atoms with Gasteiger partial charge in [0.25, 0.3) is 0 Å². The Hall–Kier alpha value is -1.16. The summed E-state index contributed by atoms with van der Waals surface area (Å²) in [6.07, 6.45) is 3.19. The highest BCUT2D eigenvalue weighted by Gasteiger charge is 2.18. The largest absolute Gasteiger partial charge is 0.338 e. The monoisotopic (exact) mass is 209 g/mol. The van der Waals surface area contributed by atoms with Crippen molar-refractivity contribution in [2.24, 2.45) is 11.1 Å². The third kappa shape index (κ3) is 3.83. The van der Waals surface area contributed by atoms with Gasteiger partial charge in [-0.25, -0.2) is 0 Å². The van der Waals surface area contributed by atoms with Crippen LogP contribution in [-0.2, 0) is 6.42 Å². The summed E-state index contributed by atoms with van der Waals surface area (Å²) in [7, 11) is 0. The number of nitrogens with two attached hydrogens (primary N) is 1. The zero-order valence-electron chi connectivity index (χ0n) is 9.66. The van der Waals surface area contributed by atoms with E-state index in [1.54, 1.807) is 6.08 Å². The zero-order chi connectivity index (χ0) is 11.5. The quantitative estimate of drug-likeness (QED) is 0.772. The molecule has 2 N–H and O–H groups in total. The lowest BCUT2D eigenvalue weighted by Gasteiger charge is -2.14. The second-order valence-corrected chi connectivity index (χ2v) is 4.92. The van der Waals surface area contributed by atoms with Gasteiger partial charge < -0.3 is 10.3 Å². The summed E-state index contributed by atoms with van der Waals surface area (Å²) in [5, 5.41) is 3.90. The van der Waals surface area contributed by atoms with Crippen molar-refractivity contribution in [1.29, 1.82) is 0 Å². The Kier molecular flexibility index (Phi) is 3.63. The second-order valence-electron chi connectivity index (χ2n) is 4.92. The molecule has 0 bridgehead atoms. The Bertz CT molecular complexity index is 325. The number of rotatable bonds is 4. The van der Waals surface area contributed by atoms with E-state index >= 15 is 0 Å². The fourth-order valence-corrected chi connectivity index (χ4v) is 1.24. The SMILES string of the molecule is C=CCC(N)c1nc(CC(C)(C)C)no1. The normalized spacial score (nSPS) is 13.9. The first kappa shape index (κ1) is 11.9. The molecule has 15 heavy (non-hydrogen) atoms. The molecule has 0 saturated heterocycles. The molecule has 0 spiro atoms. The number of aromatic nitrogens is 2. The Labute approximate surface area is 90.6 Å². The molecule has 84 valence electrons. The molecule has 1 atom stereocenters. The van der Waals surface area contributed by atoms with Crippen molar-refractivity contribution in [2.75, 3.05) is 0 Å². The third-order valence-corrected chi connectivity index (χ3v) is 1.91. The number of nitrogens with zero attached hydrogens (tertiary/aromatic N) is 2. The molecule has 1 heterocycles. The van der Waals surface area contributed by atoms with E-state index in [9.17, 15) is 0 Å². The molecular weight excluding hydrogens is 190 g/mol. The van der Waals surface area contributed by atoms with Crippen molar-refractivity contribution >= 4 is 0 Å². The van der Waals surface area contributed by atoms with Crippen LogP contribution < -0.4 is 5.73 Å². The Morgan fingerprint density at radius 2 is 2.20 bits per heavy atom. The van der Waals surface area contributed by atoms with Gasteiger partial charge in [-0.05, 0) is 11.8 Å². The maximum Gasteiger partial charge on any atom is 0.243 e. The van der Waals surface area contributed by atoms with Gasteiger partial charge in [-0.3, -0.25) is 0 Å². The van der Waals surface area contributed by atoms with Crippen LogP contribution in [0.1, 0.15) is 44.9 Å². The van der Waals surface area contributed by atoms with Crippen molar-refractivity contribution in [3.8, 4) is 0 Å². The van der Waals surface area contributed by atoms with E-state index in [1.165, 1.54) is 0 Å². The van der Waals surface area contributed by atoms with Gasteiger partial charge >= 0.3 is 0 Å². The standard InChI is InChI=1S/C11H19N3O/c1-5-6-8(12)10-13-9(14-15-10)7-11(2,3)4/h5,8H,1,6-7,12H2,2-4H3. The molecule has 0 saturated carbocycles. The molecule has 4 heteroatoms. The summed E-state index contributed by atoms with van der Waals surface area (Å²) in [4.78, 5) is 4.26. The molecule has 0 fully saturated rings. The van der Waals surface area contributed by atoms with Crippen LogP contribution in [0.25, 0.3) is 0 Å². The summed E-state index contributed by atoms with van der Waals surface area (Å²) in [6, 6.07) is -0.233. The van der Waals surface area contributed by atoms with Gasteiger partial charge in [-0.2, -0.15) is 4.98 Å². The van der Waals surface area contributed by atoms with Crippen LogP contribution in [0.15, 0.2) is 17.2 Å². The summed E-state index contributed by atoms with van der Waals surface area (Å²) >= 11 is 0. The summed E-state index contributed by atoms with van der Waals surface area (Å²) < 4.78 is 5.09. The van der Waals surface area contributed by atoms with Gasteiger partial charge in [0.05, 0.1) is 6.04 Å². The highest BCUT2D eigenvalue weighted by atomic mass is 16.5. The zero-order valence-corrected chi connectivity index (χ0v) is 9.66. The summed E-state index contributed by atoms with van der Waals surface area (Å²) in [5.41, 5.74) is 5.97. The van der Waals surface area contributed by atoms with E-state index in [0.717, 1.165) is 12.2 Å². The van der Waals surface area contributed by atoms with Crippen LogP contribution in [0.4, 0.5) is 0 Å². The smallest absolute Gasteiger partial charge is 0.243 e. The van der Waals surface area contributed by atoms with E-state index in [4.69, 9.17) is 10.3 Å². The van der Waals surface area contributed by atoms with Gasteiger partial charge in [0, 0.05) is 6.42 Å². The topological polar surface area (TPSA) is 64.9 Å². The van der Waals surface area contributed by atoms with Crippen LogP contribution in [0, 0.1) is 5.41 Å². The van der Waals surface area contributed by atoms with E-state index in [2.05, 4.69) is 37.5 Å². The maximum absolute atomic E-state index is 5.82. The van der Waals surface area contributed by atoms with Crippen LogP contribution in [0.3, 0.4) is 0 Å². The fraction of sp³-hybridized carbons (Fsp3) is 0.636. The Balaban J connectivity index is 2.67. The third-order valence-electron chi connectivity index (χ3n) is 1.91. The molecular formula is C11H19N3O. The molecule has 0 radical (unpaired) electrons. The van der Waals surface area contributed by atoms with E-state index in [-0.39, 0.29) is 11.5 Å². The van der Waals surface area contributed by atoms with Crippen molar-refractivity contribution in [3.05, 3.63) is 24.4 Å². The molecule has 1 unspecified atom stereocenters. The minimum Gasteiger partial charge on any atom is -0.338 e. The molecule has 1 aromatic rings. The van der Waals surface area contributed by atoms with Crippen LogP contribution in [0.2, 0.25) is 0 Å². The van der Waals surface area contributed by atoms with E-state index < -0.39 is 0 Å². The minimum absolute atomic E-state index is 0.156. The van der Waals surface area contributed by atoms with Gasteiger partial charge in [0.1, 0.15) is 0 Å². The lowest BCUT2D eigenvalue weighted by molar-refractivity contribution is 0.340. The highest BCUT2D eigenvalue weighted by molar-refractivity contribution is 4.95.